The lowest BCUT2D eigenvalue weighted by molar-refractivity contribution is 0.303. The second kappa shape index (κ2) is 4.59. The van der Waals surface area contributed by atoms with Crippen LogP contribution in [0.1, 0.15) is 38.2 Å². The zero-order valence-electron chi connectivity index (χ0n) is 12.0. The molecule has 106 valence electrons. The predicted octanol–water partition coefficient (Wildman–Crippen LogP) is 2.72. The van der Waals surface area contributed by atoms with Gasteiger partial charge in [-0.2, -0.15) is 4.98 Å². The summed E-state index contributed by atoms with van der Waals surface area (Å²) < 4.78 is 10.8. The SMILES string of the molecule is CC(C)(C)C(N)c1noc(-c2ccc3c(c2)CCO3)n1. The van der Waals surface area contributed by atoms with Crippen molar-refractivity contribution in [2.24, 2.45) is 11.1 Å². The summed E-state index contributed by atoms with van der Waals surface area (Å²) >= 11 is 0. The van der Waals surface area contributed by atoms with Gasteiger partial charge in [0, 0.05) is 12.0 Å². The van der Waals surface area contributed by atoms with Crippen molar-refractivity contribution in [3.05, 3.63) is 29.6 Å². The molecule has 0 fully saturated rings. The Balaban J connectivity index is 1.90. The molecule has 1 atom stereocenters. The molecular weight excluding hydrogens is 254 g/mol. The molecule has 1 unspecified atom stereocenters. The predicted molar refractivity (Wildman–Crippen MR) is 75.3 cm³/mol. The van der Waals surface area contributed by atoms with Crippen molar-refractivity contribution in [2.45, 2.75) is 33.2 Å². The molecule has 2 aromatic rings. The number of rotatable bonds is 2. The zero-order chi connectivity index (χ0) is 14.3. The lowest BCUT2D eigenvalue weighted by Gasteiger charge is -2.23. The highest BCUT2D eigenvalue weighted by Crippen LogP contribution is 2.32. The van der Waals surface area contributed by atoms with Crippen LogP contribution in [-0.2, 0) is 6.42 Å². The number of nitrogens with two attached hydrogens (primary N) is 1. The van der Waals surface area contributed by atoms with E-state index in [2.05, 4.69) is 30.9 Å². The van der Waals surface area contributed by atoms with Gasteiger partial charge in [-0.15, -0.1) is 0 Å². The molecule has 1 aliphatic heterocycles. The van der Waals surface area contributed by atoms with Gasteiger partial charge in [-0.05, 0) is 29.2 Å². The first kappa shape index (κ1) is 13.1. The lowest BCUT2D eigenvalue weighted by atomic mass is 9.87. The Kier molecular flexibility index (Phi) is 3.01. The van der Waals surface area contributed by atoms with Crippen molar-refractivity contribution in [1.29, 1.82) is 0 Å². The van der Waals surface area contributed by atoms with Crippen LogP contribution in [0, 0.1) is 5.41 Å². The molecule has 0 radical (unpaired) electrons. The second-order valence-electron chi connectivity index (χ2n) is 6.22. The number of ether oxygens (including phenoxy) is 1. The molecule has 0 bridgehead atoms. The number of fused-ring (bicyclic) bond motifs is 1. The van der Waals surface area contributed by atoms with Crippen LogP contribution in [-0.4, -0.2) is 16.7 Å². The van der Waals surface area contributed by atoms with E-state index in [1.807, 2.05) is 18.2 Å². The molecule has 3 rings (SSSR count). The molecule has 0 saturated heterocycles. The number of hydrogen-bond acceptors (Lipinski definition) is 5. The Bertz CT molecular complexity index is 628. The number of hydrogen-bond donors (Lipinski definition) is 1. The van der Waals surface area contributed by atoms with Gasteiger partial charge in [0.25, 0.3) is 5.89 Å². The molecule has 0 amide bonds. The minimum atomic E-state index is -0.252. The average molecular weight is 273 g/mol. The zero-order valence-corrected chi connectivity index (χ0v) is 12.0. The van der Waals surface area contributed by atoms with E-state index >= 15 is 0 Å². The van der Waals surface area contributed by atoms with Gasteiger partial charge in [-0.1, -0.05) is 25.9 Å². The van der Waals surface area contributed by atoms with Crippen LogP contribution < -0.4 is 10.5 Å². The van der Waals surface area contributed by atoms with Crippen LogP contribution >= 0.6 is 0 Å². The maximum Gasteiger partial charge on any atom is 0.257 e. The van der Waals surface area contributed by atoms with Crippen molar-refractivity contribution in [1.82, 2.24) is 10.1 Å². The van der Waals surface area contributed by atoms with E-state index in [0.717, 1.165) is 24.3 Å². The smallest absolute Gasteiger partial charge is 0.257 e. The first-order valence-corrected chi connectivity index (χ1v) is 6.80. The molecular formula is C15H19N3O2. The first-order valence-electron chi connectivity index (χ1n) is 6.80. The highest BCUT2D eigenvalue weighted by molar-refractivity contribution is 5.58. The van der Waals surface area contributed by atoms with E-state index in [9.17, 15) is 0 Å². The Labute approximate surface area is 118 Å². The van der Waals surface area contributed by atoms with Gasteiger partial charge < -0.3 is 15.0 Å². The molecule has 1 aromatic carbocycles. The quantitative estimate of drug-likeness (QED) is 0.910. The first-order chi connectivity index (χ1) is 9.45. The average Bonchev–Trinajstić information content (AvgIpc) is 3.04. The summed E-state index contributed by atoms with van der Waals surface area (Å²) in [6.45, 7) is 6.91. The number of aromatic nitrogens is 2. The third kappa shape index (κ3) is 2.29. The second-order valence-corrected chi connectivity index (χ2v) is 6.22. The van der Waals surface area contributed by atoms with Crippen molar-refractivity contribution in [3.63, 3.8) is 0 Å². The largest absolute Gasteiger partial charge is 0.493 e. The van der Waals surface area contributed by atoms with Crippen molar-refractivity contribution < 1.29 is 9.26 Å². The molecule has 0 saturated carbocycles. The van der Waals surface area contributed by atoms with Gasteiger partial charge in [0.05, 0.1) is 12.6 Å². The highest BCUT2D eigenvalue weighted by atomic mass is 16.5. The molecule has 1 aliphatic rings. The summed E-state index contributed by atoms with van der Waals surface area (Å²) in [5.74, 6) is 2.00. The standard InChI is InChI=1S/C15H19N3O2/c1-15(2,3)12(16)13-17-14(20-18-13)10-4-5-11-9(8-10)6-7-19-11/h4-5,8,12H,6-7,16H2,1-3H3. The fourth-order valence-corrected chi connectivity index (χ4v) is 2.19. The van der Waals surface area contributed by atoms with Gasteiger partial charge in [0.15, 0.2) is 5.82 Å². The third-order valence-electron chi connectivity index (χ3n) is 3.59. The van der Waals surface area contributed by atoms with Crippen LogP contribution in [0.15, 0.2) is 22.7 Å². The molecule has 5 nitrogen and oxygen atoms in total. The van der Waals surface area contributed by atoms with E-state index in [1.54, 1.807) is 0 Å². The third-order valence-corrected chi connectivity index (χ3v) is 3.59. The molecule has 0 aliphatic carbocycles. The van der Waals surface area contributed by atoms with Crippen molar-refractivity contribution >= 4 is 0 Å². The summed E-state index contributed by atoms with van der Waals surface area (Å²) in [6, 6.07) is 5.68. The van der Waals surface area contributed by atoms with E-state index in [4.69, 9.17) is 15.0 Å². The molecule has 2 heterocycles. The van der Waals surface area contributed by atoms with Crippen LogP contribution in [0.5, 0.6) is 5.75 Å². The van der Waals surface area contributed by atoms with Crippen molar-refractivity contribution in [2.75, 3.05) is 6.61 Å². The van der Waals surface area contributed by atoms with Crippen molar-refractivity contribution in [3.8, 4) is 17.2 Å². The number of benzene rings is 1. The van der Waals surface area contributed by atoms with E-state index in [-0.39, 0.29) is 11.5 Å². The summed E-state index contributed by atoms with van der Waals surface area (Å²) in [7, 11) is 0. The summed E-state index contributed by atoms with van der Waals surface area (Å²) in [5, 5.41) is 4.01. The van der Waals surface area contributed by atoms with E-state index < -0.39 is 0 Å². The minimum absolute atomic E-state index is 0.104. The maximum atomic E-state index is 6.15. The summed E-state index contributed by atoms with van der Waals surface area (Å²) in [5.41, 5.74) is 8.14. The minimum Gasteiger partial charge on any atom is -0.493 e. The summed E-state index contributed by atoms with van der Waals surface area (Å²) in [6.07, 6.45) is 0.922. The van der Waals surface area contributed by atoms with Crippen LogP contribution in [0.4, 0.5) is 0 Å². The normalized spacial score (nSPS) is 15.8. The fourth-order valence-electron chi connectivity index (χ4n) is 2.19. The van der Waals surface area contributed by atoms with Crippen LogP contribution in [0.25, 0.3) is 11.5 Å². The molecule has 1 aromatic heterocycles. The monoisotopic (exact) mass is 273 g/mol. The highest BCUT2D eigenvalue weighted by Gasteiger charge is 2.27. The van der Waals surface area contributed by atoms with Gasteiger partial charge in [0.2, 0.25) is 0 Å². The van der Waals surface area contributed by atoms with Gasteiger partial charge in [0.1, 0.15) is 5.75 Å². The Morgan fingerprint density at radius 3 is 2.85 bits per heavy atom. The van der Waals surface area contributed by atoms with Crippen LogP contribution in [0.3, 0.4) is 0 Å². The lowest BCUT2D eigenvalue weighted by Crippen LogP contribution is -2.27. The number of nitrogens with zero attached hydrogens (tertiary/aromatic N) is 2. The van der Waals surface area contributed by atoms with Crippen LogP contribution in [0.2, 0.25) is 0 Å². The maximum absolute atomic E-state index is 6.15. The molecule has 2 N–H and O–H groups in total. The Hall–Kier alpha value is -1.88. The Morgan fingerprint density at radius 1 is 1.30 bits per heavy atom. The van der Waals surface area contributed by atoms with Gasteiger partial charge in [-0.25, -0.2) is 0 Å². The molecule has 20 heavy (non-hydrogen) atoms. The summed E-state index contributed by atoms with van der Waals surface area (Å²) in [4.78, 5) is 4.43. The fraction of sp³-hybridized carbons (Fsp3) is 0.467. The Morgan fingerprint density at radius 2 is 2.10 bits per heavy atom. The van der Waals surface area contributed by atoms with E-state index in [0.29, 0.717) is 11.7 Å². The van der Waals surface area contributed by atoms with E-state index in [1.165, 1.54) is 5.56 Å². The van der Waals surface area contributed by atoms with Gasteiger partial charge >= 0.3 is 0 Å². The topological polar surface area (TPSA) is 74.2 Å². The molecule has 5 heteroatoms. The molecule has 0 spiro atoms. The van der Waals surface area contributed by atoms with Gasteiger partial charge in [-0.3, -0.25) is 0 Å².